The normalized spacial score (nSPS) is 13.1. The Morgan fingerprint density at radius 2 is 2.15 bits per heavy atom. The fourth-order valence-corrected chi connectivity index (χ4v) is 1.82. The van der Waals surface area contributed by atoms with Gasteiger partial charge in [-0.2, -0.15) is 5.10 Å². The first-order chi connectivity index (χ1) is 9.49. The molecule has 0 saturated carbocycles. The van der Waals surface area contributed by atoms with Crippen molar-refractivity contribution in [3.63, 3.8) is 0 Å². The van der Waals surface area contributed by atoms with Crippen LogP contribution >= 0.6 is 0 Å². The van der Waals surface area contributed by atoms with Crippen LogP contribution in [0.5, 0.6) is 0 Å². The van der Waals surface area contributed by atoms with Crippen LogP contribution in [0.3, 0.4) is 0 Å². The van der Waals surface area contributed by atoms with Gasteiger partial charge in [0.15, 0.2) is 0 Å². The van der Waals surface area contributed by atoms with Gasteiger partial charge in [-0.1, -0.05) is 0 Å². The van der Waals surface area contributed by atoms with E-state index in [2.05, 4.69) is 10.4 Å². The Labute approximate surface area is 121 Å². The second kappa shape index (κ2) is 9.07. The van der Waals surface area contributed by atoms with Gasteiger partial charge < -0.3 is 19.9 Å². The molecule has 0 radical (unpaired) electrons. The first kappa shape index (κ1) is 17.1. The number of rotatable bonds is 10. The first-order valence-electron chi connectivity index (χ1n) is 7.06. The number of aromatic nitrogens is 2. The number of aliphatic hydroxyl groups is 1. The number of hydrogen-bond donors (Lipinski definition) is 2. The zero-order chi connectivity index (χ0) is 15.0. The van der Waals surface area contributed by atoms with Crippen LogP contribution in [0, 0.1) is 6.92 Å². The fourth-order valence-electron chi connectivity index (χ4n) is 1.82. The van der Waals surface area contributed by atoms with E-state index in [0.29, 0.717) is 32.9 Å². The molecule has 6 heteroatoms. The Balaban J connectivity index is 2.05. The SMILES string of the molecule is Cc1nn(C)cc1CNCC(O)COCCOC(C)C. The molecule has 0 aliphatic carbocycles. The minimum atomic E-state index is -0.508. The van der Waals surface area contributed by atoms with Crippen molar-refractivity contribution in [2.75, 3.05) is 26.4 Å². The molecule has 1 aromatic heterocycles. The van der Waals surface area contributed by atoms with Crippen LogP contribution in [-0.4, -0.2) is 53.5 Å². The molecule has 1 rings (SSSR count). The van der Waals surface area contributed by atoms with Crippen LogP contribution in [-0.2, 0) is 23.1 Å². The van der Waals surface area contributed by atoms with E-state index in [1.54, 1.807) is 4.68 Å². The number of nitrogens with zero attached hydrogens (tertiary/aromatic N) is 2. The summed E-state index contributed by atoms with van der Waals surface area (Å²) in [5, 5.41) is 17.2. The van der Waals surface area contributed by atoms with E-state index in [0.717, 1.165) is 11.3 Å². The highest BCUT2D eigenvalue weighted by molar-refractivity contribution is 5.14. The summed E-state index contributed by atoms with van der Waals surface area (Å²) in [6, 6.07) is 0. The fraction of sp³-hybridized carbons (Fsp3) is 0.786. The van der Waals surface area contributed by atoms with E-state index < -0.39 is 6.10 Å². The van der Waals surface area contributed by atoms with E-state index in [4.69, 9.17) is 9.47 Å². The quantitative estimate of drug-likeness (QED) is 0.617. The van der Waals surface area contributed by atoms with E-state index in [9.17, 15) is 5.11 Å². The van der Waals surface area contributed by atoms with Crippen molar-refractivity contribution in [3.8, 4) is 0 Å². The van der Waals surface area contributed by atoms with Crippen LogP contribution in [0.15, 0.2) is 6.20 Å². The van der Waals surface area contributed by atoms with Crippen LogP contribution in [0.1, 0.15) is 25.1 Å². The minimum Gasteiger partial charge on any atom is -0.389 e. The highest BCUT2D eigenvalue weighted by atomic mass is 16.5. The van der Waals surface area contributed by atoms with Crippen molar-refractivity contribution in [1.29, 1.82) is 0 Å². The summed E-state index contributed by atoms with van der Waals surface area (Å²) in [5.74, 6) is 0. The van der Waals surface area contributed by atoms with Gasteiger partial charge in [0.1, 0.15) is 0 Å². The smallest absolute Gasteiger partial charge is 0.0897 e. The lowest BCUT2D eigenvalue weighted by Gasteiger charge is -2.13. The zero-order valence-corrected chi connectivity index (χ0v) is 12.9. The van der Waals surface area contributed by atoms with Crippen molar-refractivity contribution < 1.29 is 14.6 Å². The largest absolute Gasteiger partial charge is 0.389 e. The Morgan fingerprint density at radius 3 is 2.75 bits per heavy atom. The summed E-state index contributed by atoms with van der Waals surface area (Å²) in [6.07, 6.45) is 1.69. The summed E-state index contributed by atoms with van der Waals surface area (Å²) >= 11 is 0. The number of aryl methyl sites for hydroxylation is 2. The molecule has 0 aliphatic heterocycles. The van der Waals surface area contributed by atoms with Crippen molar-refractivity contribution in [3.05, 3.63) is 17.5 Å². The second-order valence-electron chi connectivity index (χ2n) is 5.19. The molecule has 20 heavy (non-hydrogen) atoms. The van der Waals surface area contributed by atoms with Crippen molar-refractivity contribution in [1.82, 2.24) is 15.1 Å². The molecule has 116 valence electrons. The second-order valence-corrected chi connectivity index (χ2v) is 5.19. The number of nitrogens with one attached hydrogen (secondary N) is 1. The van der Waals surface area contributed by atoms with Gasteiger partial charge in [0.25, 0.3) is 0 Å². The predicted molar refractivity (Wildman–Crippen MR) is 77.6 cm³/mol. The Bertz CT molecular complexity index is 380. The summed E-state index contributed by atoms with van der Waals surface area (Å²) in [6.45, 7) is 8.54. The maximum atomic E-state index is 9.76. The van der Waals surface area contributed by atoms with Crippen LogP contribution in [0.2, 0.25) is 0 Å². The van der Waals surface area contributed by atoms with Crippen molar-refractivity contribution >= 4 is 0 Å². The van der Waals surface area contributed by atoms with Gasteiger partial charge in [0, 0.05) is 31.9 Å². The van der Waals surface area contributed by atoms with E-state index in [1.165, 1.54) is 0 Å². The topological polar surface area (TPSA) is 68.5 Å². The molecule has 1 unspecified atom stereocenters. The zero-order valence-electron chi connectivity index (χ0n) is 12.9. The molecule has 0 aliphatic rings. The Kier molecular flexibility index (Phi) is 7.76. The maximum Gasteiger partial charge on any atom is 0.0897 e. The van der Waals surface area contributed by atoms with E-state index in [1.807, 2.05) is 34.0 Å². The Morgan fingerprint density at radius 1 is 1.40 bits per heavy atom. The third kappa shape index (κ3) is 7.00. The molecule has 1 atom stereocenters. The number of hydrogen-bond acceptors (Lipinski definition) is 5. The van der Waals surface area contributed by atoms with Crippen LogP contribution in [0.4, 0.5) is 0 Å². The predicted octanol–water partition coefficient (Wildman–Crippen LogP) is 0.621. The standard InChI is InChI=1S/C14H27N3O3/c1-11(2)20-6-5-19-10-14(18)8-15-7-13-9-17(4)16-12(13)3/h9,11,14-15,18H,5-8,10H2,1-4H3. The van der Waals surface area contributed by atoms with E-state index in [-0.39, 0.29) is 6.10 Å². The molecule has 0 fully saturated rings. The molecule has 0 bridgehead atoms. The van der Waals surface area contributed by atoms with Gasteiger partial charge in [-0.15, -0.1) is 0 Å². The van der Waals surface area contributed by atoms with Gasteiger partial charge in [-0.25, -0.2) is 0 Å². The van der Waals surface area contributed by atoms with Crippen molar-refractivity contribution in [2.24, 2.45) is 7.05 Å². The highest BCUT2D eigenvalue weighted by Crippen LogP contribution is 2.03. The summed E-state index contributed by atoms with van der Waals surface area (Å²) in [5.41, 5.74) is 2.16. The molecule has 0 amide bonds. The molecular weight excluding hydrogens is 258 g/mol. The third-order valence-electron chi connectivity index (χ3n) is 2.80. The van der Waals surface area contributed by atoms with Crippen molar-refractivity contribution in [2.45, 2.75) is 39.5 Å². The lowest BCUT2D eigenvalue weighted by atomic mass is 10.2. The molecule has 6 nitrogen and oxygen atoms in total. The average molecular weight is 285 g/mol. The first-order valence-corrected chi connectivity index (χ1v) is 7.06. The summed E-state index contributed by atoms with van der Waals surface area (Å²) in [4.78, 5) is 0. The molecule has 0 aromatic carbocycles. The third-order valence-corrected chi connectivity index (χ3v) is 2.80. The lowest BCUT2D eigenvalue weighted by Crippen LogP contribution is -2.30. The maximum absolute atomic E-state index is 9.76. The van der Waals surface area contributed by atoms with E-state index >= 15 is 0 Å². The number of aliphatic hydroxyl groups excluding tert-OH is 1. The Hall–Kier alpha value is -0.950. The van der Waals surface area contributed by atoms with Gasteiger partial charge >= 0.3 is 0 Å². The van der Waals surface area contributed by atoms with Crippen LogP contribution < -0.4 is 5.32 Å². The minimum absolute atomic E-state index is 0.216. The average Bonchev–Trinajstić information content (AvgIpc) is 2.67. The number of ether oxygens (including phenoxy) is 2. The molecular formula is C14H27N3O3. The van der Waals surface area contributed by atoms with Gasteiger partial charge in [-0.05, 0) is 20.8 Å². The molecule has 1 aromatic rings. The molecule has 0 saturated heterocycles. The lowest BCUT2D eigenvalue weighted by molar-refractivity contribution is -0.0100. The highest BCUT2D eigenvalue weighted by Gasteiger charge is 2.06. The van der Waals surface area contributed by atoms with Gasteiger partial charge in [0.2, 0.25) is 0 Å². The molecule has 2 N–H and O–H groups in total. The monoisotopic (exact) mass is 285 g/mol. The van der Waals surface area contributed by atoms with Gasteiger partial charge in [0.05, 0.1) is 37.7 Å². The summed E-state index contributed by atoms with van der Waals surface area (Å²) in [7, 11) is 1.90. The molecule has 1 heterocycles. The van der Waals surface area contributed by atoms with Crippen LogP contribution in [0.25, 0.3) is 0 Å². The molecule has 0 spiro atoms. The summed E-state index contributed by atoms with van der Waals surface area (Å²) < 4.78 is 12.5. The van der Waals surface area contributed by atoms with Gasteiger partial charge in [-0.3, -0.25) is 4.68 Å².